The first-order valence-corrected chi connectivity index (χ1v) is 6.27. The lowest BCUT2D eigenvalue weighted by molar-refractivity contribution is -0.441. The molecule has 15 heteroatoms. The number of rotatable bonds is 5. The van der Waals surface area contributed by atoms with Crippen molar-refractivity contribution in [1.82, 2.24) is 0 Å². The first kappa shape index (κ1) is 23.0. The number of hydrogen-bond donors (Lipinski definition) is 2. The fourth-order valence-electron chi connectivity index (χ4n) is 1.81. The van der Waals surface area contributed by atoms with Gasteiger partial charge >= 0.3 is 35.8 Å². The third-order valence-corrected chi connectivity index (χ3v) is 3.27. The molecule has 27 heavy (non-hydrogen) atoms. The van der Waals surface area contributed by atoms with Crippen LogP contribution in [0.4, 0.5) is 68.5 Å². The molecule has 2 nitrogen and oxygen atoms in total. The Morgan fingerprint density at radius 2 is 0.815 bits per heavy atom. The van der Waals surface area contributed by atoms with Crippen molar-refractivity contribution in [3.05, 3.63) is 23.8 Å². The van der Waals surface area contributed by atoms with Crippen LogP contribution in [0.25, 0.3) is 0 Å². The third-order valence-electron chi connectivity index (χ3n) is 3.27. The molecule has 0 heterocycles. The van der Waals surface area contributed by atoms with E-state index in [1.54, 1.807) is 0 Å². The minimum atomic E-state index is -7.95. The lowest BCUT2D eigenvalue weighted by Gasteiger charge is -2.39. The molecule has 0 atom stereocenters. The van der Waals surface area contributed by atoms with Gasteiger partial charge in [-0.1, -0.05) is 0 Å². The van der Waals surface area contributed by atoms with Crippen LogP contribution in [0.1, 0.15) is 5.56 Å². The lowest BCUT2D eigenvalue weighted by atomic mass is 9.90. The van der Waals surface area contributed by atoms with Gasteiger partial charge in [-0.15, -0.1) is 0 Å². The van der Waals surface area contributed by atoms with E-state index in [1.807, 2.05) is 0 Å². The summed E-state index contributed by atoms with van der Waals surface area (Å²) in [5, 5.41) is 0. The molecule has 0 aliphatic rings. The van der Waals surface area contributed by atoms with E-state index in [0.29, 0.717) is 6.07 Å². The maximum Gasteiger partial charge on any atom is 0.460 e. The molecule has 0 spiro atoms. The van der Waals surface area contributed by atoms with Crippen LogP contribution in [0, 0.1) is 0 Å². The Kier molecular flexibility index (Phi) is 5.06. The predicted molar refractivity (Wildman–Crippen MR) is 65.0 cm³/mol. The highest BCUT2D eigenvalue weighted by molar-refractivity contribution is 5.55. The fourth-order valence-corrected chi connectivity index (χ4v) is 1.81. The summed E-state index contributed by atoms with van der Waals surface area (Å²) in [6.45, 7) is 0. The summed E-state index contributed by atoms with van der Waals surface area (Å²) in [6.07, 6.45) is -7.45. The van der Waals surface area contributed by atoms with Gasteiger partial charge in [0.05, 0.1) is 0 Å². The average molecular weight is 426 g/mol. The molecule has 4 N–H and O–H groups in total. The molecule has 0 radical (unpaired) electrons. The van der Waals surface area contributed by atoms with Crippen LogP contribution < -0.4 is 11.5 Å². The van der Waals surface area contributed by atoms with E-state index in [0.717, 1.165) is 0 Å². The number of benzene rings is 1. The van der Waals surface area contributed by atoms with Crippen LogP contribution >= 0.6 is 0 Å². The first-order chi connectivity index (χ1) is 11.6. The Labute approximate surface area is 140 Å². The standard InChI is InChI=1S/C12H7F13N2/c13-7(14,4-1-5(26)3-6(27)2-4)8(15,16)9(17,18)10(19,20)11(21,22)12(23,24)25/h1-3H,26-27H2. The second-order valence-electron chi connectivity index (χ2n) is 5.26. The first-order valence-electron chi connectivity index (χ1n) is 6.27. The summed E-state index contributed by atoms with van der Waals surface area (Å²) < 4.78 is 169. The van der Waals surface area contributed by atoms with Crippen molar-refractivity contribution in [1.29, 1.82) is 0 Å². The van der Waals surface area contributed by atoms with Gasteiger partial charge in [-0.2, -0.15) is 57.1 Å². The van der Waals surface area contributed by atoms with E-state index in [9.17, 15) is 57.1 Å². The van der Waals surface area contributed by atoms with Gasteiger partial charge in [0, 0.05) is 16.9 Å². The van der Waals surface area contributed by atoms with Crippen molar-refractivity contribution in [3.63, 3.8) is 0 Å². The molecule has 1 aromatic carbocycles. The second kappa shape index (κ2) is 5.95. The highest BCUT2D eigenvalue weighted by Gasteiger charge is 2.90. The van der Waals surface area contributed by atoms with Crippen LogP contribution in [0.15, 0.2) is 18.2 Å². The number of anilines is 2. The Morgan fingerprint density at radius 3 is 1.15 bits per heavy atom. The number of nitrogens with two attached hydrogens (primary N) is 2. The monoisotopic (exact) mass is 426 g/mol. The summed E-state index contributed by atoms with van der Waals surface area (Å²) >= 11 is 0. The molecule has 0 saturated heterocycles. The molecule has 1 aromatic rings. The van der Waals surface area contributed by atoms with Crippen LogP contribution in [0.5, 0.6) is 0 Å². The lowest BCUT2D eigenvalue weighted by Crippen LogP contribution is -2.69. The summed E-state index contributed by atoms with van der Waals surface area (Å²) in [4.78, 5) is 0. The van der Waals surface area contributed by atoms with Gasteiger partial charge in [-0.05, 0) is 18.2 Å². The zero-order valence-electron chi connectivity index (χ0n) is 12.3. The molecule has 0 aliphatic carbocycles. The van der Waals surface area contributed by atoms with Crippen molar-refractivity contribution in [2.24, 2.45) is 0 Å². The number of alkyl halides is 13. The van der Waals surface area contributed by atoms with Crippen molar-refractivity contribution in [2.45, 2.75) is 35.8 Å². The van der Waals surface area contributed by atoms with Gasteiger partial charge in [-0.25, -0.2) is 0 Å². The van der Waals surface area contributed by atoms with Gasteiger partial charge in [0.1, 0.15) is 0 Å². The number of halogens is 13. The van der Waals surface area contributed by atoms with Crippen LogP contribution in [0.2, 0.25) is 0 Å². The van der Waals surface area contributed by atoms with E-state index >= 15 is 0 Å². The maximum absolute atomic E-state index is 13.8. The Hall–Kier alpha value is -2.09. The highest BCUT2D eigenvalue weighted by atomic mass is 19.4. The fraction of sp³-hybridized carbons (Fsp3) is 0.500. The van der Waals surface area contributed by atoms with Crippen LogP contribution in [-0.4, -0.2) is 29.9 Å². The molecule has 156 valence electrons. The van der Waals surface area contributed by atoms with Gasteiger partial charge < -0.3 is 11.5 Å². The molecule has 1 rings (SSSR count). The van der Waals surface area contributed by atoms with Gasteiger partial charge in [-0.3, -0.25) is 0 Å². The van der Waals surface area contributed by atoms with Crippen molar-refractivity contribution < 1.29 is 57.1 Å². The SMILES string of the molecule is Nc1cc(N)cc(C(F)(F)C(F)(F)C(F)(F)C(F)(F)C(F)(F)C(F)(F)F)c1. The van der Waals surface area contributed by atoms with E-state index in [-0.39, 0.29) is 12.1 Å². The summed E-state index contributed by atoms with van der Waals surface area (Å²) in [7, 11) is 0. The largest absolute Gasteiger partial charge is 0.460 e. The zero-order chi connectivity index (χ0) is 21.9. The van der Waals surface area contributed by atoms with Gasteiger partial charge in [0.15, 0.2) is 0 Å². The Morgan fingerprint density at radius 1 is 0.481 bits per heavy atom. The van der Waals surface area contributed by atoms with Gasteiger partial charge in [0.25, 0.3) is 0 Å². The molecular weight excluding hydrogens is 419 g/mol. The average Bonchev–Trinajstić information content (AvgIpc) is 2.44. The van der Waals surface area contributed by atoms with E-state index < -0.39 is 52.7 Å². The maximum atomic E-state index is 13.8. The number of nitrogen functional groups attached to an aromatic ring is 2. The van der Waals surface area contributed by atoms with Crippen LogP contribution in [0.3, 0.4) is 0 Å². The second-order valence-corrected chi connectivity index (χ2v) is 5.26. The minimum Gasteiger partial charge on any atom is -0.399 e. The Balaban J connectivity index is 3.63. The smallest absolute Gasteiger partial charge is 0.399 e. The quantitative estimate of drug-likeness (QED) is 0.512. The third kappa shape index (κ3) is 3.09. The normalized spacial score (nSPS) is 15.1. The van der Waals surface area contributed by atoms with Gasteiger partial charge in [0.2, 0.25) is 0 Å². The molecule has 0 aliphatic heterocycles. The molecule has 0 bridgehead atoms. The van der Waals surface area contributed by atoms with E-state index in [2.05, 4.69) is 0 Å². The molecular formula is C12H7F13N2. The number of hydrogen-bond acceptors (Lipinski definition) is 2. The minimum absolute atomic E-state index is 0.125. The van der Waals surface area contributed by atoms with Crippen LogP contribution in [-0.2, 0) is 5.92 Å². The Bertz CT molecular complexity index is 687. The summed E-state index contributed by atoms with van der Waals surface area (Å²) in [6, 6.07) is 0.406. The molecule has 0 fully saturated rings. The zero-order valence-corrected chi connectivity index (χ0v) is 12.3. The van der Waals surface area contributed by atoms with Crippen molar-refractivity contribution in [3.8, 4) is 0 Å². The topological polar surface area (TPSA) is 52.0 Å². The summed E-state index contributed by atoms with van der Waals surface area (Å²) in [5.41, 5.74) is 6.03. The molecule has 0 saturated carbocycles. The molecule has 0 amide bonds. The molecule has 0 unspecified atom stereocenters. The molecule has 0 aromatic heterocycles. The van der Waals surface area contributed by atoms with Crippen molar-refractivity contribution >= 4 is 11.4 Å². The predicted octanol–water partition coefficient (Wildman–Crippen LogP) is 5.05. The highest BCUT2D eigenvalue weighted by Crippen LogP contribution is 2.62. The van der Waals surface area contributed by atoms with E-state index in [1.165, 1.54) is 0 Å². The summed E-state index contributed by atoms with van der Waals surface area (Å²) in [5.74, 6) is -37.4. The van der Waals surface area contributed by atoms with Crippen molar-refractivity contribution in [2.75, 3.05) is 11.5 Å². The van der Waals surface area contributed by atoms with E-state index in [4.69, 9.17) is 11.5 Å².